The smallest absolute Gasteiger partial charge is 0.409 e. The third kappa shape index (κ3) is 4.74. The van der Waals surface area contributed by atoms with Gasteiger partial charge in [0.1, 0.15) is 0 Å². The highest BCUT2D eigenvalue weighted by molar-refractivity contribution is 8.04. The number of thioether (sulfide) groups is 1. The second-order valence-corrected chi connectivity index (χ2v) is 8.24. The van der Waals surface area contributed by atoms with Crippen molar-refractivity contribution in [3.8, 4) is 0 Å². The first-order valence-corrected chi connectivity index (χ1v) is 11.0. The highest BCUT2D eigenvalue weighted by Gasteiger charge is 2.25. The van der Waals surface area contributed by atoms with Crippen molar-refractivity contribution >= 4 is 41.4 Å². The molecule has 3 amide bonds. The van der Waals surface area contributed by atoms with Crippen LogP contribution in [0.4, 0.5) is 10.5 Å². The van der Waals surface area contributed by atoms with Crippen molar-refractivity contribution in [3.05, 3.63) is 64.6 Å². The number of para-hydroxylation sites is 1. The summed E-state index contributed by atoms with van der Waals surface area (Å²) in [5.41, 5.74) is 2.25. The van der Waals surface area contributed by atoms with Gasteiger partial charge in [-0.2, -0.15) is 0 Å². The van der Waals surface area contributed by atoms with E-state index in [4.69, 9.17) is 4.74 Å². The molecule has 2 aromatic carbocycles. The van der Waals surface area contributed by atoms with Gasteiger partial charge in [0.15, 0.2) is 0 Å². The van der Waals surface area contributed by atoms with Crippen LogP contribution in [0.5, 0.6) is 0 Å². The summed E-state index contributed by atoms with van der Waals surface area (Å²) < 4.78 is 5.01. The van der Waals surface area contributed by atoms with E-state index in [0.29, 0.717) is 43.3 Å². The summed E-state index contributed by atoms with van der Waals surface area (Å²) in [4.78, 5) is 41.9. The molecule has 2 aliphatic heterocycles. The number of amides is 3. The largest absolute Gasteiger partial charge is 0.450 e. The fourth-order valence-corrected chi connectivity index (χ4v) is 4.42. The van der Waals surface area contributed by atoms with Crippen LogP contribution >= 0.6 is 11.8 Å². The average Bonchev–Trinajstić information content (AvgIpc) is 2.80. The minimum atomic E-state index is -0.334. The lowest BCUT2D eigenvalue weighted by Crippen LogP contribution is -2.50. The van der Waals surface area contributed by atoms with Gasteiger partial charge in [-0.3, -0.25) is 9.59 Å². The van der Waals surface area contributed by atoms with Crippen molar-refractivity contribution in [1.29, 1.82) is 0 Å². The van der Waals surface area contributed by atoms with Crippen molar-refractivity contribution in [3.63, 3.8) is 0 Å². The Morgan fingerprint density at radius 1 is 1.03 bits per heavy atom. The molecule has 0 saturated carbocycles. The molecule has 4 rings (SSSR count). The second kappa shape index (κ2) is 9.26. The summed E-state index contributed by atoms with van der Waals surface area (Å²) in [5.74, 6) is -0.204. The molecule has 0 spiro atoms. The van der Waals surface area contributed by atoms with Crippen LogP contribution in [0.2, 0.25) is 0 Å². The monoisotopic (exact) mass is 437 g/mol. The van der Waals surface area contributed by atoms with Crippen molar-refractivity contribution in [2.75, 3.05) is 38.1 Å². The number of benzene rings is 2. The number of nitrogens with zero attached hydrogens (tertiary/aromatic N) is 2. The van der Waals surface area contributed by atoms with Gasteiger partial charge in [-0.1, -0.05) is 36.0 Å². The van der Waals surface area contributed by atoms with Gasteiger partial charge in [-0.15, -0.1) is 0 Å². The molecule has 2 heterocycles. The number of carbonyl (C=O) groups is 3. The van der Waals surface area contributed by atoms with Gasteiger partial charge < -0.3 is 19.9 Å². The standard InChI is InChI=1S/C23H23N3O4S/c1-2-30-23(29)26-13-11-25(12-14-26)22(28)17-9-7-16(8-10-17)15-20-21(27)24-18-5-3-4-6-19(18)31-20/h3-10,15H,2,11-14H2,1H3,(H,24,27)/b20-15+. The summed E-state index contributed by atoms with van der Waals surface area (Å²) >= 11 is 1.43. The molecule has 0 atom stereocenters. The number of piperazine rings is 1. The minimum absolute atomic E-state index is 0.0681. The van der Waals surface area contributed by atoms with Crippen LogP contribution in [0.1, 0.15) is 22.8 Å². The van der Waals surface area contributed by atoms with Crippen molar-refractivity contribution < 1.29 is 19.1 Å². The molecule has 0 radical (unpaired) electrons. The number of anilines is 1. The zero-order chi connectivity index (χ0) is 21.8. The zero-order valence-electron chi connectivity index (χ0n) is 17.2. The lowest BCUT2D eigenvalue weighted by atomic mass is 10.1. The van der Waals surface area contributed by atoms with E-state index in [-0.39, 0.29) is 17.9 Å². The molecule has 1 N–H and O–H groups in total. The van der Waals surface area contributed by atoms with E-state index in [9.17, 15) is 14.4 Å². The van der Waals surface area contributed by atoms with Crippen LogP contribution in [0.15, 0.2) is 58.3 Å². The Kier molecular flexibility index (Phi) is 6.27. The first kappa shape index (κ1) is 21.0. The second-order valence-electron chi connectivity index (χ2n) is 7.16. The SMILES string of the molecule is CCOC(=O)N1CCN(C(=O)c2ccc(/C=C3/Sc4ccccc4NC3=O)cc2)CC1. The number of rotatable bonds is 3. The maximum absolute atomic E-state index is 12.8. The van der Waals surface area contributed by atoms with E-state index < -0.39 is 0 Å². The highest BCUT2D eigenvalue weighted by Crippen LogP contribution is 2.38. The molecule has 0 bridgehead atoms. The zero-order valence-corrected chi connectivity index (χ0v) is 18.0. The molecule has 0 unspecified atom stereocenters. The van der Waals surface area contributed by atoms with E-state index >= 15 is 0 Å². The van der Waals surface area contributed by atoms with Crippen LogP contribution in [-0.4, -0.2) is 60.5 Å². The van der Waals surface area contributed by atoms with Gasteiger partial charge in [-0.05, 0) is 42.8 Å². The van der Waals surface area contributed by atoms with Crippen LogP contribution in [0.3, 0.4) is 0 Å². The van der Waals surface area contributed by atoms with Crippen molar-refractivity contribution in [2.24, 2.45) is 0 Å². The Hall–Kier alpha value is -3.26. The van der Waals surface area contributed by atoms with Crippen LogP contribution in [-0.2, 0) is 9.53 Å². The van der Waals surface area contributed by atoms with Gasteiger partial charge in [0.2, 0.25) is 0 Å². The summed E-state index contributed by atoms with van der Waals surface area (Å²) in [6.07, 6.45) is 1.49. The molecule has 0 aliphatic carbocycles. The molecule has 0 aromatic heterocycles. The molecular formula is C23H23N3O4S. The van der Waals surface area contributed by atoms with Gasteiger partial charge in [-0.25, -0.2) is 4.79 Å². The number of carbonyl (C=O) groups excluding carboxylic acids is 3. The maximum atomic E-state index is 12.8. The van der Waals surface area contributed by atoms with E-state index in [2.05, 4.69) is 5.32 Å². The number of hydrogen-bond acceptors (Lipinski definition) is 5. The fraction of sp³-hybridized carbons (Fsp3) is 0.261. The summed E-state index contributed by atoms with van der Waals surface area (Å²) in [6, 6.07) is 14.9. The molecule has 2 aliphatic rings. The van der Waals surface area contributed by atoms with E-state index in [1.807, 2.05) is 42.5 Å². The molecule has 31 heavy (non-hydrogen) atoms. The summed E-state index contributed by atoms with van der Waals surface area (Å²) in [7, 11) is 0. The van der Waals surface area contributed by atoms with Crippen molar-refractivity contribution in [1.82, 2.24) is 9.80 Å². The molecule has 160 valence electrons. The molecule has 7 nitrogen and oxygen atoms in total. The Bertz CT molecular complexity index is 1030. The highest BCUT2D eigenvalue weighted by atomic mass is 32.2. The van der Waals surface area contributed by atoms with Gasteiger partial charge >= 0.3 is 6.09 Å². The van der Waals surface area contributed by atoms with Crippen LogP contribution in [0, 0.1) is 0 Å². The normalized spacial score (nSPS) is 17.2. The molecule has 1 saturated heterocycles. The van der Waals surface area contributed by atoms with Crippen LogP contribution < -0.4 is 5.32 Å². The predicted octanol–water partition coefficient (Wildman–Crippen LogP) is 3.69. The summed E-state index contributed by atoms with van der Waals surface area (Å²) in [5, 5.41) is 2.90. The third-order valence-electron chi connectivity index (χ3n) is 5.13. The predicted molar refractivity (Wildman–Crippen MR) is 120 cm³/mol. The Morgan fingerprint density at radius 3 is 2.42 bits per heavy atom. The maximum Gasteiger partial charge on any atom is 0.409 e. The lowest BCUT2D eigenvalue weighted by Gasteiger charge is -2.34. The van der Waals surface area contributed by atoms with E-state index in [1.54, 1.807) is 28.9 Å². The number of hydrogen-bond donors (Lipinski definition) is 1. The fourth-order valence-electron chi connectivity index (χ4n) is 3.47. The molecule has 8 heteroatoms. The van der Waals surface area contributed by atoms with Crippen LogP contribution in [0.25, 0.3) is 6.08 Å². The van der Waals surface area contributed by atoms with E-state index in [0.717, 1.165) is 16.1 Å². The Balaban J connectivity index is 1.40. The minimum Gasteiger partial charge on any atom is -0.450 e. The number of nitrogens with one attached hydrogen (secondary N) is 1. The number of fused-ring (bicyclic) bond motifs is 1. The quantitative estimate of drug-likeness (QED) is 0.741. The third-order valence-corrected chi connectivity index (χ3v) is 6.23. The number of ether oxygens (including phenoxy) is 1. The molecule has 1 fully saturated rings. The van der Waals surface area contributed by atoms with E-state index in [1.165, 1.54) is 11.8 Å². The average molecular weight is 438 g/mol. The Labute approximate surface area is 185 Å². The lowest BCUT2D eigenvalue weighted by molar-refractivity contribution is -0.112. The first-order valence-electron chi connectivity index (χ1n) is 10.2. The molecular weight excluding hydrogens is 414 g/mol. The van der Waals surface area contributed by atoms with Gasteiger partial charge in [0.25, 0.3) is 11.8 Å². The topological polar surface area (TPSA) is 79.0 Å². The van der Waals surface area contributed by atoms with Gasteiger partial charge in [0, 0.05) is 36.6 Å². The summed E-state index contributed by atoms with van der Waals surface area (Å²) in [6.45, 7) is 3.98. The molecule has 2 aromatic rings. The van der Waals surface area contributed by atoms with Crippen molar-refractivity contribution in [2.45, 2.75) is 11.8 Å². The Morgan fingerprint density at radius 2 is 1.71 bits per heavy atom. The first-order chi connectivity index (χ1) is 15.0. The van der Waals surface area contributed by atoms with Gasteiger partial charge in [0.05, 0.1) is 17.2 Å².